The first kappa shape index (κ1) is 21.5. The summed E-state index contributed by atoms with van der Waals surface area (Å²) in [6.07, 6.45) is -4.92. The van der Waals surface area contributed by atoms with Gasteiger partial charge >= 0.3 is 12.1 Å². The number of esters is 1. The highest BCUT2D eigenvalue weighted by molar-refractivity contribution is 6.30. The molecule has 0 aliphatic heterocycles. The van der Waals surface area contributed by atoms with Crippen LogP contribution in [0.1, 0.15) is 19.4 Å². The second-order valence-electron chi connectivity index (χ2n) is 6.50. The molecule has 1 aliphatic carbocycles. The van der Waals surface area contributed by atoms with Crippen molar-refractivity contribution in [3.63, 3.8) is 0 Å². The number of ether oxygens (including phenoxy) is 1. The topological polar surface area (TPSA) is 26.3 Å². The molecule has 1 aliphatic rings. The molecule has 1 saturated carbocycles. The van der Waals surface area contributed by atoms with Crippen molar-refractivity contribution in [2.24, 2.45) is 17.3 Å². The number of hydrogen-bond donors (Lipinski definition) is 0. The normalized spacial score (nSPS) is 22.0. The Labute approximate surface area is 152 Å². The van der Waals surface area contributed by atoms with Crippen LogP contribution in [-0.2, 0) is 16.1 Å². The van der Waals surface area contributed by atoms with Gasteiger partial charge in [0, 0.05) is 17.0 Å². The highest BCUT2D eigenvalue weighted by Crippen LogP contribution is 2.63. The van der Waals surface area contributed by atoms with E-state index < -0.39 is 75.7 Å². The largest absolute Gasteiger partial charge is 0.460 e. The molecule has 2 nitrogen and oxygen atoms in total. The lowest BCUT2D eigenvalue weighted by atomic mass is 10.1. The summed E-state index contributed by atoms with van der Waals surface area (Å²) in [6, 6.07) is 0. The summed E-state index contributed by atoms with van der Waals surface area (Å²) in [5.74, 6) is -14.5. The molecule has 1 fully saturated rings. The zero-order valence-corrected chi connectivity index (χ0v) is 14.4. The molecule has 0 heterocycles. The van der Waals surface area contributed by atoms with Gasteiger partial charge in [-0.2, -0.15) is 13.2 Å². The van der Waals surface area contributed by atoms with Gasteiger partial charge in [0.25, 0.3) is 0 Å². The molecule has 0 bridgehead atoms. The number of carbonyl (C=O) groups is 1. The van der Waals surface area contributed by atoms with E-state index in [4.69, 9.17) is 11.6 Å². The maximum absolute atomic E-state index is 13.5. The van der Waals surface area contributed by atoms with Crippen molar-refractivity contribution < 1.29 is 44.7 Å². The molecule has 2 atom stereocenters. The Bertz CT molecular complexity index is 787. The zero-order valence-electron chi connectivity index (χ0n) is 13.7. The first-order valence-corrected chi connectivity index (χ1v) is 7.69. The Kier molecular flexibility index (Phi) is 5.53. The van der Waals surface area contributed by atoms with Gasteiger partial charge in [0.2, 0.25) is 5.82 Å². The van der Waals surface area contributed by atoms with E-state index in [9.17, 15) is 39.9 Å². The van der Waals surface area contributed by atoms with Crippen LogP contribution in [0.4, 0.5) is 35.1 Å². The van der Waals surface area contributed by atoms with E-state index in [1.54, 1.807) is 0 Å². The van der Waals surface area contributed by atoms with E-state index in [1.165, 1.54) is 13.8 Å². The summed E-state index contributed by atoms with van der Waals surface area (Å²) >= 11 is 5.59. The highest BCUT2D eigenvalue weighted by Gasteiger charge is 2.64. The lowest BCUT2D eigenvalue weighted by molar-refractivity contribution is -0.147. The van der Waals surface area contributed by atoms with E-state index in [2.05, 4.69) is 4.74 Å². The molecule has 1 aromatic carbocycles. The van der Waals surface area contributed by atoms with Crippen molar-refractivity contribution in [1.82, 2.24) is 0 Å². The molecular weight excluding hydrogens is 412 g/mol. The third-order valence-corrected chi connectivity index (χ3v) is 4.68. The molecule has 150 valence electrons. The minimum atomic E-state index is -4.72. The Morgan fingerprint density at radius 3 is 1.89 bits per heavy atom. The van der Waals surface area contributed by atoms with Crippen molar-refractivity contribution in [2.45, 2.75) is 26.6 Å². The van der Waals surface area contributed by atoms with Gasteiger partial charge in [0.05, 0.1) is 11.5 Å². The summed E-state index contributed by atoms with van der Waals surface area (Å²) < 4.78 is 108. The maximum atomic E-state index is 13.5. The molecule has 11 heteroatoms. The third kappa shape index (κ3) is 4.04. The van der Waals surface area contributed by atoms with Gasteiger partial charge in [-0.3, -0.25) is 4.79 Å². The molecular formula is C16H11ClF8O2. The summed E-state index contributed by atoms with van der Waals surface area (Å²) in [6.45, 7) is 1.54. The lowest BCUT2D eigenvalue weighted by Gasteiger charge is -2.09. The number of halogens is 9. The van der Waals surface area contributed by atoms with Crippen molar-refractivity contribution in [3.05, 3.63) is 45.8 Å². The molecule has 0 aromatic heterocycles. The predicted octanol–water partition coefficient (Wildman–Crippen LogP) is 5.38. The van der Waals surface area contributed by atoms with Crippen molar-refractivity contribution in [1.29, 1.82) is 0 Å². The van der Waals surface area contributed by atoms with Crippen LogP contribution in [0.2, 0.25) is 0 Å². The van der Waals surface area contributed by atoms with Gasteiger partial charge in [-0.15, -0.1) is 0 Å². The molecule has 0 amide bonds. The number of carbonyl (C=O) groups excluding carboxylic acids is 1. The van der Waals surface area contributed by atoms with Crippen LogP contribution in [0.15, 0.2) is 11.1 Å². The molecule has 27 heavy (non-hydrogen) atoms. The van der Waals surface area contributed by atoms with Crippen LogP contribution in [-0.4, -0.2) is 12.1 Å². The average molecular weight is 423 g/mol. The minimum Gasteiger partial charge on any atom is -0.460 e. The fraction of sp³-hybridized carbons (Fsp3) is 0.438. The third-order valence-electron chi connectivity index (χ3n) is 4.34. The van der Waals surface area contributed by atoms with E-state index in [-0.39, 0.29) is 6.08 Å². The zero-order chi connectivity index (χ0) is 20.9. The number of rotatable bonds is 4. The Hall–Kier alpha value is -1.84. The van der Waals surface area contributed by atoms with E-state index in [0.29, 0.717) is 0 Å². The fourth-order valence-electron chi connectivity index (χ4n) is 2.85. The van der Waals surface area contributed by atoms with Gasteiger partial charge in [-0.25, -0.2) is 22.0 Å². The number of allylic oxidation sites excluding steroid dienone is 2. The van der Waals surface area contributed by atoms with Crippen LogP contribution < -0.4 is 0 Å². The van der Waals surface area contributed by atoms with Crippen molar-refractivity contribution in [2.75, 3.05) is 0 Å². The number of hydrogen-bond acceptors (Lipinski definition) is 2. The maximum Gasteiger partial charge on any atom is 0.410 e. The van der Waals surface area contributed by atoms with Crippen LogP contribution in [0.25, 0.3) is 0 Å². The van der Waals surface area contributed by atoms with E-state index in [0.717, 1.165) is 0 Å². The highest BCUT2D eigenvalue weighted by atomic mass is 35.5. The molecule has 2 rings (SSSR count). The monoisotopic (exact) mass is 422 g/mol. The van der Waals surface area contributed by atoms with Gasteiger partial charge in [0.15, 0.2) is 23.3 Å². The smallest absolute Gasteiger partial charge is 0.410 e. The molecule has 0 radical (unpaired) electrons. The molecule has 1 aromatic rings. The van der Waals surface area contributed by atoms with E-state index >= 15 is 0 Å². The molecule has 0 N–H and O–H groups in total. The second-order valence-corrected chi connectivity index (χ2v) is 6.94. The predicted molar refractivity (Wildman–Crippen MR) is 76.8 cm³/mol. The average Bonchev–Trinajstić information content (AvgIpc) is 3.12. The van der Waals surface area contributed by atoms with Gasteiger partial charge in [-0.05, 0) is 5.41 Å². The van der Waals surface area contributed by atoms with Gasteiger partial charge < -0.3 is 4.74 Å². The quantitative estimate of drug-likeness (QED) is 0.282. The SMILES string of the molecule is CC1(C)[C@H](/C(Cl)=C/C(F)(F)F)[C@@H]1C(=O)OCc1c(F)c(F)c(F)c(F)c1F. The van der Waals surface area contributed by atoms with Crippen LogP contribution in [0.3, 0.4) is 0 Å². The molecule has 0 saturated heterocycles. The minimum absolute atomic E-state index is 0.196. The van der Waals surface area contributed by atoms with Crippen molar-refractivity contribution in [3.8, 4) is 0 Å². The van der Waals surface area contributed by atoms with E-state index in [1.807, 2.05) is 0 Å². The van der Waals surface area contributed by atoms with Crippen LogP contribution >= 0.6 is 11.6 Å². The molecule has 0 spiro atoms. The Balaban J connectivity index is 2.17. The summed E-state index contributed by atoms with van der Waals surface area (Å²) in [5, 5.41) is -0.661. The summed E-state index contributed by atoms with van der Waals surface area (Å²) in [4.78, 5) is 12.0. The van der Waals surface area contributed by atoms with Crippen LogP contribution in [0.5, 0.6) is 0 Å². The van der Waals surface area contributed by atoms with Crippen LogP contribution in [0, 0.1) is 46.3 Å². The number of benzene rings is 1. The van der Waals surface area contributed by atoms with Gasteiger partial charge in [0.1, 0.15) is 6.61 Å². The Morgan fingerprint density at radius 2 is 1.44 bits per heavy atom. The second kappa shape index (κ2) is 6.96. The number of alkyl halides is 3. The Morgan fingerprint density at radius 1 is 1.00 bits per heavy atom. The van der Waals surface area contributed by atoms with Crippen molar-refractivity contribution >= 4 is 17.6 Å². The first-order chi connectivity index (χ1) is 12.2. The fourth-order valence-corrected chi connectivity index (χ4v) is 3.38. The standard InChI is InChI=1S/C16H11ClF8O2/c1-15(2)7(6(17)3-16(23,24)25)8(15)14(26)27-4-5-9(18)11(20)13(22)12(21)10(5)19/h3,7-8H,4H2,1-2H3/b6-3-/t7-,8-/m1/s1. The molecule has 0 unspecified atom stereocenters. The van der Waals surface area contributed by atoms with Gasteiger partial charge in [-0.1, -0.05) is 25.4 Å². The summed E-state index contributed by atoms with van der Waals surface area (Å²) in [7, 11) is 0. The lowest BCUT2D eigenvalue weighted by Crippen LogP contribution is -2.14. The first-order valence-electron chi connectivity index (χ1n) is 7.32. The summed E-state index contributed by atoms with van der Waals surface area (Å²) in [5.41, 5.74) is -2.42.